The number of benzene rings is 2. The summed E-state index contributed by atoms with van der Waals surface area (Å²) in [5.41, 5.74) is 0.165. The Morgan fingerprint density at radius 2 is 1.66 bits per heavy atom. The monoisotopic (exact) mass is 400 g/mol. The van der Waals surface area contributed by atoms with Crippen molar-refractivity contribution in [1.29, 1.82) is 0 Å². The summed E-state index contributed by atoms with van der Waals surface area (Å²) in [7, 11) is 0. The molecule has 0 saturated carbocycles. The minimum Gasteiger partial charge on any atom is -0.462 e. The molecule has 0 fully saturated rings. The molecular weight excluding hydrogens is 380 g/mol. The number of carbonyl (C=O) groups excluding carboxylic acids is 3. The molecule has 9 heteroatoms. The summed E-state index contributed by atoms with van der Waals surface area (Å²) in [6.45, 7) is 5.25. The number of nitrogens with one attached hydrogen (secondary N) is 1. The zero-order valence-corrected chi connectivity index (χ0v) is 16.1. The Balaban J connectivity index is 2.22. The van der Waals surface area contributed by atoms with Gasteiger partial charge in [-0.05, 0) is 37.3 Å². The fourth-order valence-corrected chi connectivity index (χ4v) is 2.22. The number of esters is 2. The highest BCUT2D eigenvalue weighted by molar-refractivity contribution is 5.95. The first-order valence-corrected chi connectivity index (χ1v) is 8.81. The van der Waals surface area contributed by atoms with Crippen molar-refractivity contribution in [3.63, 3.8) is 0 Å². The van der Waals surface area contributed by atoms with Gasteiger partial charge in [-0.15, -0.1) is 0 Å². The first-order valence-electron chi connectivity index (χ1n) is 8.81. The van der Waals surface area contributed by atoms with Crippen molar-refractivity contribution in [2.24, 2.45) is 5.92 Å². The van der Waals surface area contributed by atoms with E-state index in [0.29, 0.717) is 5.69 Å². The summed E-state index contributed by atoms with van der Waals surface area (Å²) in [6, 6.07) is 9.24. The highest BCUT2D eigenvalue weighted by Gasteiger charge is 2.22. The number of amides is 1. The molecule has 2 rings (SSSR count). The second-order valence-electron chi connectivity index (χ2n) is 6.27. The molecule has 2 aromatic carbocycles. The van der Waals surface area contributed by atoms with E-state index < -0.39 is 22.5 Å². The number of hydrogen-bond acceptors (Lipinski definition) is 7. The lowest BCUT2D eigenvalue weighted by Crippen LogP contribution is -2.17. The van der Waals surface area contributed by atoms with Crippen LogP contribution in [0.2, 0.25) is 0 Å². The van der Waals surface area contributed by atoms with E-state index in [1.54, 1.807) is 20.8 Å². The highest BCUT2D eigenvalue weighted by Crippen LogP contribution is 2.29. The van der Waals surface area contributed by atoms with Crippen LogP contribution in [0.4, 0.5) is 11.4 Å². The molecule has 0 aliphatic heterocycles. The van der Waals surface area contributed by atoms with Crippen LogP contribution in [0.1, 0.15) is 41.5 Å². The molecule has 2 aromatic rings. The third-order valence-electron chi connectivity index (χ3n) is 3.78. The predicted molar refractivity (Wildman–Crippen MR) is 104 cm³/mol. The number of ether oxygens (including phenoxy) is 2. The summed E-state index contributed by atoms with van der Waals surface area (Å²) < 4.78 is 10.00. The molecule has 0 aromatic heterocycles. The molecule has 0 atom stereocenters. The molecule has 0 aliphatic carbocycles. The number of rotatable bonds is 7. The molecule has 1 amide bonds. The maximum atomic E-state index is 12.4. The topological polar surface area (TPSA) is 125 Å². The Kier molecular flexibility index (Phi) is 7.02. The van der Waals surface area contributed by atoms with E-state index in [1.165, 1.54) is 30.3 Å². The van der Waals surface area contributed by atoms with E-state index in [2.05, 4.69) is 5.32 Å². The normalized spacial score (nSPS) is 10.3. The SMILES string of the molecule is CCOC(=O)c1ccc([N+](=O)[O-])c(OC(=O)c2ccc(NC(=O)C(C)C)cc2)c1. The van der Waals surface area contributed by atoms with Crippen LogP contribution in [0, 0.1) is 16.0 Å². The number of hydrogen-bond donors (Lipinski definition) is 1. The molecule has 0 radical (unpaired) electrons. The average Bonchev–Trinajstić information content (AvgIpc) is 2.68. The number of nitro groups is 1. The third-order valence-corrected chi connectivity index (χ3v) is 3.78. The maximum Gasteiger partial charge on any atom is 0.343 e. The summed E-state index contributed by atoms with van der Waals surface area (Å²) in [5.74, 6) is -2.29. The molecule has 0 bridgehead atoms. The van der Waals surface area contributed by atoms with Crippen molar-refractivity contribution in [3.8, 4) is 5.75 Å². The molecule has 9 nitrogen and oxygen atoms in total. The Morgan fingerprint density at radius 1 is 1.03 bits per heavy atom. The minimum atomic E-state index is -0.851. The molecule has 1 N–H and O–H groups in total. The number of carbonyl (C=O) groups is 3. The van der Waals surface area contributed by atoms with E-state index in [4.69, 9.17) is 9.47 Å². The Bertz CT molecular complexity index is 936. The third kappa shape index (κ3) is 5.61. The van der Waals surface area contributed by atoms with Gasteiger partial charge in [-0.1, -0.05) is 13.8 Å². The quantitative estimate of drug-likeness (QED) is 0.326. The van der Waals surface area contributed by atoms with Gasteiger partial charge in [-0.25, -0.2) is 9.59 Å². The van der Waals surface area contributed by atoms with Crippen LogP contribution in [0.25, 0.3) is 0 Å². The van der Waals surface area contributed by atoms with Gasteiger partial charge in [-0.3, -0.25) is 14.9 Å². The highest BCUT2D eigenvalue weighted by atomic mass is 16.6. The number of anilines is 1. The molecule has 29 heavy (non-hydrogen) atoms. The second kappa shape index (κ2) is 9.45. The Morgan fingerprint density at radius 3 is 2.21 bits per heavy atom. The fraction of sp³-hybridized carbons (Fsp3) is 0.250. The van der Waals surface area contributed by atoms with Crippen molar-refractivity contribution in [2.45, 2.75) is 20.8 Å². The lowest BCUT2D eigenvalue weighted by molar-refractivity contribution is -0.385. The molecule has 0 saturated heterocycles. The molecule has 0 aliphatic rings. The maximum absolute atomic E-state index is 12.4. The van der Waals surface area contributed by atoms with E-state index in [1.807, 2.05) is 0 Å². The Hall–Kier alpha value is -3.75. The average molecular weight is 400 g/mol. The molecule has 152 valence electrons. The van der Waals surface area contributed by atoms with Crippen LogP contribution >= 0.6 is 0 Å². The first-order chi connectivity index (χ1) is 13.7. The zero-order chi connectivity index (χ0) is 21.6. The predicted octanol–water partition coefficient (Wildman–Crippen LogP) is 3.59. The van der Waals surface area contributed by atoms with Crippen LogP contribution in [-0.4, -0.2) is 29.4 Å². The Labute approximate surface area is 166 Å². The summed E-state index contributed by atoms with van der Waals surface area (Å²) in [5, 5.41) is 13.9. The fourth-order valence-electron chi connectivity index (χ4n) is 2.22. The number of nitrogens with zero attached hydrogens (tertiary/aromatic N) is 1. The summed E-state index contributed by atoms with van der Waals surface area (Å²) in [4.78, 5) is 46.4. The van der Waals surface area contributed by atoms with Crippen molar-refractivity contribution in [3.05, 3.63) is 63.7 Å². The smallest absolute Gasteiger partial charge is 0.343 e. The van der Waals surface area contributed by atoms with Gasteiger partial charge >= 0.3 is 17.6 Å². The van der Waals surface area contributed by atoms with Crippen LogP contribution in [0.5, 0.6) is 5.75 Å². The standard InChI is InChI=1S/C20H20N2O7/c1-4-28-19(24)14-7-10-16(22(26)27)17(11-14)29-20(25)13-5-8-15(9-6-13)21-18(23)12(2)3/h5-12H,4H2,1-3H3,(H,21,23). The summed E-state index contributed by atoms with van der Waals surface area (Å²) in [6.07, 6.45) is 0. The van der Waals surface area contributed by atoms with Gasteiger partial charge in [-0.2, -0.15) is 0 Å². The lowest BCUT2D eigenvalue weighted by atomic mass is 10.1. The van der Waals surface area contributed by atoms with Crippen molar-refractivity contribution >= 4 is 29.2 Å². The van der Waals surface area contributed by atoms with Gasteiger partial charge in [0.1, 0.15) is 0 Å². The van der Waals surface area contributed by atoms with Crippen LogP contribution < -0.4 is 10.1 Å². The van der Waals surface area contributed by atoms with Crippen molar-refractivity contribution in [2.75, 3.05) is 11.9 Å². The van der Waals surface area contributed by atoms with Crippen molar-refractivity contribution < 1.29 is 28.8 Å². The van der Waals surface area contributed by atoms with Gasteiger partial charge in [0.25, 0.3) is 0 Å². The largest absolute Gasteiger partial charge is 0.462 e. The van der Waals surface area contributed by atoms with Gasteiger partial charge < -0.3 is 14.8 Å². The van der Waals surface area contributed by atoms with Gasteiger partial charge in [0.2, 0.25) is 11.7 Å². The summed E-state index contributed by atoms with van der Waals surface area (Å²) >= 11 is 0. The first kappa shape index (κ1) is 21.5. The molecular formula is C20H20N2O7. The molecule has 0 heterocycles. The minimum absolute atomic E-state index is 0.0204. The van der Waals surface area contributed by atoms with E-state index in [0.717, 1.165) is 12.1 Å². The van der Waals surface area contributed by atoms with E-state index in [9.17, 15) is 24.5 Å². The zero-order valence-electron chi connectivity index (χ0n) is 16.1. The van der Waals surface area contributed by atoms with Gasteiger partial charge in [0.05, 0.1) is 22.7 Å². The second-order valence-corrected chi connectivity index (χ2v) is 6.27. The van der Waals surface area contributed by atoms with Crippen molar-refractivity contribution in [1.82, 2.24) is 0 Å². The van der Waals surface area contributed by atoms with Crippen LogP contribution in [-0.2, 0) is 9.53 Å². The van der Waals surface area contributed by atoms with Gasteiger partial charge in [0, 0.05) is 23.7 Å². The van der Waals surface area contributed by atoms with E-state index >= 15 is 0 Å². The molecule has 0 spiro atoms. The lowest BCUT2D eigenvalue weighted by Gasteiger charge is -2.09. The molecule has 0 unspecified atom stereocenters. The van der Waals surface area contributed by atoms with Gasteiger partial charge in [0.15, 0.2) is 0 Å². The van der Waals surface area contributed by atoms with E-state index in [-0.39, 0.29) is 35.3 Å². The number of nitro benzene ring substituents is 1. The van der Waals surface area contributed by atoms with Crippen LogP contribution in [0.15, 0.2) is 42.5 Å². The van der Waals surface area contributed by atoms with Crippen LogP contribution in [0.3, 0.4) is 0 Å².